The third kappa shape index (κ3) is 5.38. The molecule has 0 radical (unpaired) electrons. The summed E-state index contributed by atoms with van der Waals surface area (Å²) in [7, 11) is 0. The molecule has 4 fully saturated rings. The molecule has 4 rings (SSSR count). The molecule has 0 spiro atoms. The average molecular weight is 437 g/mol. The van der Waals surface area contributed by atoms with E-state index in [1.54, 1.807) is 4.90 Å². The number of piperidine rings is 1. The Bertz CT molecular complexity index is 690. The van der Waals surface area contributed by atoms with Gasteiger partial charge in [0.2, 0.25) is 5.91 Å². The maximum atomic E-state index is 12.5. The van der Waals surface area contributed by atoms with E-state index in [-0.39, 0.29) is 36.7 Å². The number of carbonyl (C=O) groups is 1. The number of ether oxygens (including phenoxy) is 3. The molecule has 0 bridgehead atoms. The lowest BCUT2D eigenvalue weighted by Gasteiger charge is -2.39. The second-order valence-electron chi connectivity index (χ2n) is 10.0. The van der Waals surface area contributed by atoms with Gasteiger partial charge in [-0.3, -0.25) is 4.79 Å². The summed E-state index contributed by atoms with van der Waals surface area (Å²) >= 11 is 0. The van der Waals surface area contributed by atoms with Crippen LogP contribution in [0.1, 0.15) is 46.5 Å². The number of nitriles is 1. The van der Waals surface area contributed by atoms with Crippen molar-refractivity contribution in [3.8, 4) is 6.07 Å². The fourth-order valence-corrected chi connectivity index (χ4v) is 5.25. The van der Waals surface area contributed by atoms with Gasteiger partial charge in [-0.05, 0) is 52.1 Å². The Morgan fingerprint density at radius 1 is 1.26 bits per heavy atom. The van der Waals surface area contributed by atoms with Gasteiger partial charge >= 0.3 is 0 Å². The van der Waals surface area contributed by atoms with Gasteiger partial charge < -0.3 is 34.4 Å². The molecule has 4 heterocycles. The number of aliphatic hydroxyl groups excluding tert-OH is 1. The van der Waals surface area contributed by atoms with E-state index >= 15 is 0 Å². The number of fused-ring (bicyclic) bond motifs is 1. The fourth-order valence-electron chi connectivity index (χ4n) is 5.25. The minimum atomic E-state index is -0.675. The van der Waals surface area contributed by atoms with Crippen LogP contribution in [0, 0.1) is 17.2 Å². The molecule has 9 heteroatoms. The molecule has 0 aromatic heterocycles. The summed E-state index contributed by atoms with van der Waals surface area (Å²) in [5.41, 5.74) is 0. The zero-order chi connectivity index (χ0) is 22.2. The van der Waals surface area contributed by atoms with Crippen LogP contribution in [-0.4, -0.2) is 96.0 Å². The monoisotopic (exact) mass is 436 g/mol. The van der Waals surface area contributed by atoms with Crippen LogP contribution in [0.2, 0.25) is 0 Å². The van der Waals surface area contributed by atoms with Gasteiger partial charge in [-0.25, -0.2) is 0 Å². The van der Waals surface area contributed by atoms with Gasteiger partial charge in [0.15, 0.2) is 12.1 Å². The van der Waals surface area contributed by atoms with E-state index in [9.17, 15) is 15.2 Å². The highest BCUT2D eigenvalue weighted by Gasteiger charge is 2.48. The molecule has 31 heavy (non-hydrogen) atoms. The molecule has 6 atom stereocenters. The normalized spacial score (nSPS) is 38.7. The number of hydrogen-bond acceptors (Lipinski definition) is 8. The standard InChI is InChI=1S/C22H36N4O5/c1-14-8-16(10-23)26(12-14)20(28)11-24-15-4-6-25(7-5-15)13-19-17(27)9-18-21(29-19)31-22(2,3)30-18/h14-19,21,24,27H,4-9,11-13H2,1-3H3/t14?,16-,17+,18+,19-,21-/m0/s1. The Balaban J connectivity index is 1.18. The maximum absolute atomic E-state index is 12.5. The van der Waals surface area contributed by atoms with Gasteiger partial charge in [0.1, 0.15) is 12.1 Å². The first-order valence-electron chi connectivity index (χ1n) is 11.6. The summed E-state index contributed by atoms with van der Waals surface area (Å²) in [6.45, 7) is 9.21. The third-order valence-corrected chi connectivity index (χ3v) is 6.90. The van der Waals surface area contributed by atoms with E-state index in [4.69, 9.17) is 14.2 Å². The number of hydrogen-bond donors (Lipinski definition) is 2. The van der Waals surface area contributed by atoms with Crippen LogP contribution in [0.5, 0.6) is 0 Å². The van der Waals surface area contributed by atoms with Gasteiger partial charge in [-0.1, -0.05) is 6.92 Å². The van der Waals surface area contributed by atoms with Crippen molar-refractivity contribution in [3.05, 3.63) is 0 Å². The highest BCUT2D eigenvalue weighted by atomic mass is 16.8. The predicted molar refractivity (Wildman–Crippen MR) is 112 cm³/mol. The first-order valence-corrected chi connectivity index (χ1v) is 11.6. The van der Waals surface area contributed by atoms with E-state index in [0.29, 0.717) is 25.4 Å². The van der Waals surface area contributed by atoms with Gasteiger partial charge in [0.05, 0.1) is 24.8 Å². The second-order valence-corrected chi connectivity index (χ2v) is 10.0. The summed E-state index contributed by atoms with van der Waals surface area (Å²) in [4.78, 5) is 16.6. The number of nitrogens with one attached hydrogen (secondary N) is 1. The topological polar surface area (TPSA) is 107 Å². The lowest BCUT2D eigenvalue weighted by Crippen LogP contribution is -2.53. The minimum absolute atomic E-state index is 0.0216. The van der Waals surface area contributed by atoms with E-state index in [0.717, 1.165) is 32.4 Å². The van der Waals surface area contributed by atoms with Crippen LogP contribution in [0.25, 0.3) is 0 Å². The Morgan fingerprint density at radius 3 is 2.71 bits per heavy atom. The lowest BCUT2D eigenvalue weighted by molar-refractivity contribution is -0.230. The molecule has 4 aliphatic rings. The van der Waals surface area contributed by atoms with Crippen molar-refractivity contribution < 1.29 is 24.1 Å². The Hall–Kier alpha value is -1.28. The maximum Gasteiger partial charge on any atom is 0.237 e. The van der Waals surface area contributed by atoms with Crippen molar-refractivity contribution in [1.29, 1.82) is 5.26 Å². The quantitative estimate of drug-likeness (QED) is 0.639. The summed E-state index contributed by atoms with van der Waals surface area (Å²) in [6, 6.07) is 2.25. The number of aliphatic hydroxyl groups is 1. The Morgan fingerprint density at radius 2 is 2.00 bits per heavy atom. The molecule has 0 saturated carbocycles. The fraction of sp³-hybridized carbons (Fsp3) is 0.909. The Labute approximate surface area is 184 Å². The number of likely N-dealkylation sites (tertiary alicyclic amines) is 2. The molecule has 2 N–H and O–H groups in total. The van der Waals surface area contributed by atoms with Crippen LogP contribution >= 0.6 is 0 Å². The van der Waals surface area contributed by atoms with Crippen LogP contribution in [0.4, 0.5) is 0 Å². The first-order chi connectivity index (χ1) is 14.7. The van der Waals surface area contributed by atoms with Gasteiger partial charge in [-0.15, -0.1) is 0 Å². The van der Waals surface area contributed by atoms with Crippen molar-refractivity contribution in [3.63, 3.8) is 0 Å². The largest absolute Gasteiger partial charge is 0.390 e. The van der Waals surface area contributed by atoms with Crippen LogP contribution < -0.4 is 5.32 Å². The predicted octanol–water partition coefficient (Wildman–Crippen LogP) is 0.428. The first kappa shape index (κ1) is 22.9. The molecule has 4 saturated heterocycles. The van der Waals surface area contributed by atoms with E-state index in [2.05, 4.69) is 23.2 Å². The summed E-state index contributed by atoms with van der Waals surface area (Å²) in [6.07, 6.45) is 1.68. The molecule has 0 aliphatic carbocycles. The van der Waals surface area contributed by atoms with Gasteiger partial charge in [0.25, 0.3) is 0 Å². The third-order valence-electron chi connectivity index (χ3n) is 6.90. The molecular formula is C22H36N4O5. The molecule has 4 aliphatic heterocycles. The van der Waals surface area contributed by atoms with Crippen molar-refractivity contribution in [2.24, 2.45) is 5.92 Å². The van der Waals surface area contributed by atoms with E-state index in [1.807, 2.05) is 13.8 Å². The molecule has 1 amide bonds. The van der Waals surface area contributed by atoms with Gasteiger partial charge in [0, 0.05) is 25.6 Å². The van der Waals surface area contributed by atoms with E-state index < -0.39 is 18.2 Å². The smallest absolute Gasteiger partial charge is 0.237 e. The van der Waals surface area contributed by atoms with E-state index in [1.165, 1.54) is 0 Å². The zero-order valence-electron chi connectivity index (χ0n) is 18.8. The molecule has 1 unspecified atom stereocenters. The summed E-state index contributed by atoms with van der Waals surface area (Å²) in [5.74, 6) is -0.267. The van der Waals surface area contributed by atoms with Crippen LogP contribution in [-0.2, 0) is 19.0 Å². The zero-order valence-corrected chi connectivity index (χ0v) is 18.8. The second kappa shape index (κ2) is 9.30. The Kier molecular flexibility index (Phi) is 6.87. The van der Waals surface area contributed by atoms with Gasteiger partial charge in [-0.2, -0.15) is 5.26 Å². The minimum Gasteiger partial charge on any atom is -0.390 e. The SMILES string of the molecule is CC1C[C@@H](C#N)N(C(=O)CNC2CCN(C[C@@H]3O[C@H]4OC(C)(C)O[C@@H]4C[C@H]3O)CC2)C1. The van der Waals surface area contributed by atoms with Crippen molar-refractivity contribution >= 4 is 5.91 Å². The van der Waals surface area contributed by atoms with Crippen LogP contribution in [0.15, 0.2) is 0 Å². The lowest BCUT2D eigenvalue weighted by atomic mass is 10.00. The average Bonchev–Trinajstić information content (AvgIpc) is 3.24. The summed E-state index contributed by atoms with van der Waals surface area (Å²) < 4.78 is 17.6. The van der Waals surface area contributed by atoms with Crippen molar-refractivity contribution in [2.45, 2.75) is 88.9 Å². The number of carbonyl (C=O) groups excluding carboxylic acids is 1. The molecule has 0 aromatic carbocycles. The molecule has 9 nitrogen and oxygen atoms in total. The molecular weight excluding hydrogens is 400 g/mol. The highest BCUT2D eigenvalue weighted by molar-refractivity contribution is 5.79. The van der Waals surface area contributed by atoms with Crippen molar-refractivity contribution in [2.75, 3.05) is 32.7 Å². The number of rotatable bonds is 5. The summed E-state index contributed by atoms with van der Waals surface area (Å²) in [5, 5.41) is 23.2. The van der Waals surface area contributed by atoms with Crippen LogP contribution in [0.3, 0.4) is 0 Å². The van der Waals surface area contributed by atoms with Crippen molar-refractivity contribution in [1.82, 2.24) is 15.1 Å². The highest BCUT2D eigenvalue weighted by Crippen LogP contribution is 2.36. The molecule has 0 aromatic rings. The number of amides is 1. The molecule has 174 valence electrons. The number of nitrogens with zero attached hydrogens (tertiary/aromatic N) is 3.